The molecule has 8 amide bonds. The van der Waals surface area contributed by atoms with Gasteiger partial charge in [0.05, 0.1) is 25.4 Å². The van der Waals surface area contributed by atoms with Gasteiger partial charge in [-0.2, -0.15) is 0 Å². The first-order valence-electron chi connectivity index (χ1n) is 24.3. The highest BCUT2D eigenvalue weighted by atomic mass is 16.6. The smallest absolute Gasteiger partial charge is 0.408 e. The van der Waals surface area contributed by atoms with Gasteiger partial charge in [0.15, 0.2) is 12.0 Å². The van der Waals surface area contributed by atoms with Crippen LogP contribution in [0.2, 0.25) is 0 Å². The number of carbonyl (C=O) groups excluding carboxylic acids is 9. The lowest BCUT2D eigenvalue weighted by molar-refractivity contribution is -0.150. The number of aliphatic hydroxyl groups is 3. The number of hydrogen-bond acceptors (Lipinski definition) is 15. The second-order valence-corrected chi connectivity index (χ2v) is 19.5. The Bertz CT molecular complexity index is 2010. The van der Waals surface area contributed by atoms with E-state index in [1.807, 2.05) is 0 Å². The zero-order valence-corrected chi connectivity index (χ0v) is 43.9. The second-order valence-electron chi connectivity index (χ2n) is 19.5. The molecule has 0 saturated carbocycles. The van der Waals surface area contributed by atoms with Gasteiger partial charge in [-0.15, -0.1) is 0 Å². The monoisotopic (exact) mass is 1050 g/mol. The first kappa shape index (κ1) is 67.4. The van der Waals surface area contributed by atoms with Crippen LogP contribution in [0, 0.1) is 17.8 Å². The van der Waals surface area contributed by atoms with Crippen molar-refractivity contribution in [2.45, 2.75) is 176 Å². The van der Waals surface area contributed by atoms with Gasteiger partial charge < -0.3 is 78.8 Å². The van der Waals surface area contributed by atoms with Gasteiger partial charge in [-0.05, 0) is 77.2 Å². The van der Waals surface area contributed by atoms with Gasteiger partial charge >= 0.3 is 12.1 Å². The summed E-state index contributed by atoms with van der Waals surface area (Å²) in [5.74, 6) is -8.72. The summed E-state index contributed by atoms with van der Waals surface area (Å²) in [7, 11) is 0. The Morgan fingerprint density at radius 1 is 0.689 bits per heavy atom. The van der Waals surface area contributed by atoms with Gasteiger partial charge in [0.2, 0.25) is 41.4 Å². The van der Waals surface area contributed by atoms with Crippen LogP contribution < -0.4 is 54.0 Å². The van der Waals surface area contributed by atoms with E-state index < -0.39 is 139 Å². The number of nitrogens with two attached hydrogens (primary N) is 2. The van der Waals surface area contributed by atoms with Crippen molar-refractivity contribution in [2.24, 2.45) is 34.2 Å². The van der Waals surface area contributed by atoms with Crippen LogP contribution in [0.5, 0.6) is 0 Å². The van der Waals surface area contributed by atoms with Crippen molar-refractivity contribution in [3.05, 3.63) is 35.9 Å². The van der Waals surface area contributed by atoms with Gasteiger partial charge in [0.1, 0.15) is 48.5 Å². The molecule has 0 fully saturated rings. The average Bonchev–Trinajstić information content (AvgIpc) is 3.30. The maximum absolute atomic E-state index is 14.2. The Labute approximate surface area is 434 Å². The number of ether oxygens (including phenoxy) is 2. The molecule has 10 atom stereocenters. The van der Waals surface area contributed by atoms with Gasteiger partial charge in [0, 0.05) is 6.54 Å². The van der Waals surface area contributed by atoms with Crippen LogP contribution >= 0.6 is 0 Å². The van der Waals surface area contributed by atoms with E-state index in [4.69, 9.17) is 20.9 Å². The van der Waals surface area contributed by atoms with Crippen LogP contribution in [0.4, 0.5) is 4.79 Å². The molecular formula is C49H85N11O14. The number of aliphatic imine (C=N–C) groups is 1. The summed E-state index contributed by atoms with van der Waals surface area (Å²) in [4.78, 5) is 124. The molecule has 0 heterocycles. The zero-order chi connectivity index (χ0) is 55.7. The molecule has 0 aliphatic rings. The van der Waals surface area contributed by atoms with Crippen molar-refractivity contribution in [1.82, 2.24) is 42.5 Å². The molecule has 0 radical (unpaired) electrons. The van der Waals surface area contributed by atoms with E-state index >= 15 is 0 Å². The maximum atomic E-state index is 14.2. The number of benzene rings is 1. The normalized spacial score (nSPS) is 15.2. The van der Waals surface area contributed by atoms with E-state index in [1.54, 1.807) is 92.6 Å². The van der Waals surface area contributed by atoms with E-state index in [0.717, 1.165) is 0 Å². The zero-order valence-electron chi connectivity index (χ0n) is 43.9. The molecule has 0 aliphatic heterocycles. The number of guanidine groups is 1. The minimum absolute atomic E-state index is 0. The van der Waals surface area contributed by atoms with E-state index in [-0.39, 0.29) is 51.7 Å². The summed E-state index contributed by atoms with van der Waals surface area (Å²) in [5, 5.41) is 50.9. The third kappa shape index (κ3) is 25.4. The molecule has 0 aromatic heterocycles. The topological polar surface area (TPSA) is 393 Å². The molecule has 1 rings (SSSR count). The van der Waals surface area contributed by atoms with Crippen LogP contribution in [0.25, 0.3) is 0 Å². The van der Waals surface area contributed by atoms with E-state index in [9.17, 15) is 58.5 Å². The molecule has 0 bridgehead atoms. The molecule has 0 aliphatic carbocycles. The Morgan fingerprint density at radius 3 is 1.77 bits per heavy atom. The van der Waals surface area contributed by atoms with Crippen LogP contribution in [0.15, 0.2) is 35.3 Å². The van der Waals surface area contributed by atoms with Crippen LogP contribution in [-0.2, 0) is 54.4 Å². The summed E-state index contributed by atoms with van der Waals surface area (Å²) < 4.78 is 10.5. The van der Waals surface area contributed by atoms with Crippen LogP contribution in [0.3, 0.4) is 0 Å². The number of carbonyl (C=O) groups is 9. The van der Waals surface area contributed by atoms with Gasteiger partial charge in [-0.1, -0.05) is 85.7 Å². The number of aliphatic hydroxyl groups excluding tert-OH is 3. The largest absolute Gasteiger partial charge is 0.459 e. The van der Waals surface area contributed by atoms with Crippen molar-refractivity contribution in [2.75, 3.05) is 19.7 Å². The summed E-state index contributed by atoms with van der Waals surface area (Å²) >= 11 is 0. The minimum atomic E-state index is -1.67. The predicted octanol–water partition coefficient (Wildman–Crippen LogP) is -1.16. The maximum Gasteiger partial charge on any atom is 0.408 e. The van der Waals surface area contributed by atoms with E-state index in [2.05, 4.69) is 47.5 Å². The molecular weight excluding hydrogens is 967 g/mol. The highest BCUT2D eigenvalue weighted by Crippen LogP contribution is 2.15. The van der Waals surface area contributed by atoms with E-state index in [1.165, 1.54) is 13.8 Å². The lowest BCUT2D eigenvalue weighted by Crippen LogP contribution is -2.62. The van der Waals surface area contributed by atoms with Gasteiger partial charge in [-0.3, -0.25) is 38.6 Å². The Morgan fingerprint density at radius 2 is 1.24 bits per heavy atom. The van der Waals surface area contributed by atoms with E-state index in [0.29, 0.717) is 12.0 Å². The fourth-order valence-electron chi connectivity index (χ4n) is 6.68. The van der Waals surface area contributed by atoms with Gasteiger partial charge in [-0.25, -0.2) is 9.59 Å². The average molecular weight is 1050 g/mol. The summed E-state index contributed by atoms with van der Waals surface area (Å²) in [5.41, 5.74) is 10.7. The quantitative estimate of drug-likeness (QED) is 0.0187. The lowest BCUT2D eigenvalue weighted by Gasteiger charge is -2.31. The summed E-state index contributed by atoms with van der Waals surface area (Å²) in [6.45, 7) is 15.9. The number of esters is 1. The summed E-state index contributed by atoms with van der Waals surface area (Å²) in [6.07, 6.45) is -3.50. The molecule has 420 valence electrons. The SMILES string of the molecule is C.CC[C@H](C)[C@H](NC(=O)[C@@H](CCCN=C(N)N)NC(=O)[C@H](CC(C)C)NC(=O)[C@@H](NC(=O)OC(C)(C)C)[C@H](O)C(C)C)C(=O)N[C@H](C(=O)NCC(=O)N[C@@H](C)C(=O)N[C@@H](CO)C(=O)OCc1ccccc1)[C@H](C)O. The molecule has 15 N–H and O–H groups in total. The van der Waals surface area contributed by atoms with Crippen molar-refractivity contribution in [3.63, 3.8) is 0 Å². The summed E-state index contributed by atoms with van der Waals surface area (Å²) in [6, 6.07) is -1.28. The molecule has 0 spiro atoms. The molecule has 0 unspecified atom stereocenters. The second kappa shape index (κ2) is 33.3. The number of nitrogens with zero attached hydrogens (tertiary/aromatic N) is 1. The number of hydrogen-bond donors (Lipinski definition) is 13. The van der Waals surface area contributed by atoms with Crippen LogP contribution in [-0.4, -0.2) is 154 Å². The van der Waals surface area contributed by atoms with Crippen molar-refractivity contribution < 1.29 is 67.9 Å². The first-order chi connectivity index (χ1) is 34.0. The molecule has 1 aromatic carbocycles. The number of amides is 8. The van der Waals surface area contributed by atoms with Crippen molar-refractivity contribution in [3.8, 4) is 0 Å². The van der Waals surface area contributed by atoms with Gasteiger partial charge in [0.25, 0.3) is 0 Å². The Hall–Kier alpha value is -6.60. The number of nitrogens with one attached hydrogen (secondary N) is 8. The van der Waals surface area contributed by atoms with Crippen molar-refractivity contribution >= 4 is 59.4 Å². The molecule has 25 heteroatoms. The number of rotatable bonds is 30. The Balaban J connectivity index is 0.0000533. The molecule has 25 nitrogen and oxygen atoms in total. The highest BCUT2D eigenvalue weighted by molar-refractivity contribution is 5.97. The molecule has 74 heavy (non-hydrogen) atoms. The highest BCUT2D eigenvalue weighted by Gasteiger charge is 2.38. The fourth-order valence-corrected chi connectivity index (χ4v) is 6.68. The third-order valence-corrected chi connectivity index (χ3v) is 11.0. The fraction of sp³-hybridized carbons (Fsp3) is 0.673. The number of alkyl carbamates (subject to hydrolysis) is 1. The van der Waals surface area contributed by atoms with Crippen molar-refractivity contribution in [1.29, 1.82) is 0 Å². The predicted molar refractivity (Wildman–Crippen MR) is 275 cm³/mol. The third-order valence-electron chi connectivity index (χ3n) is 11.0. The molecule has 1 aromatic rings. The Kier molecular flexibility index (Phi) is 30.3. The first-order valence-corrected chi connectivity index (χ1v) is 24.3. The lowest BCUT2D eigenvalue weighted by atomic mass is 9.96. The standard InChI is InChI=1S/C48H81N11O14.CH4/c1-12-27(6)35(43(68)58-36(29(8)61)42(67)52-22-34(62)53-28(7)39(64)56-33(23-60)45(70)72-24-30-17-14-13-15-18-30)57-40(65)31(19-16-20-51-46(49)50)54-41(66)32(21-25(2)3)55-44(69)37(38(63)26(4)5)59-47(71)73-48(9,10)11;/h13-15,17-18,25-29,31-33,35-38,60-61,63H,12,16,19-24H2,1-11H3,(H,52,67)(H,53,62)(H,54,66)(H,55,69)(H,56,64)(H,57,65)(H,58,68)(H,59,71)(H4,49,50,51);1H4/t27-,28-,29-,31+,32-,33-,35-,36-,37-,38+;/m0./s1. The van der Waals surface area contributed by atoms with Crippen LogP contribution in [0.1, 0.15) is 115 Å². The molecule has 0 saturated heterocycles. The minimum Gasteiger partial charge on any atom is -0.459 e.